The van der Waals surface area contributed by atoms with Gasteiger partial charge in [-0.3, -0.25) is 0 Å². The average molecular weight is 390 g/mol. The topological polar surface area (TPSA) is 12.0 Å². The molecule has 0 heterocycles. The number of halogens is 2. The summed E-state index contributed by atoms with van der Waals surface area (Å²) in [6, 6.07) is 6.72. The van der Waals surface area contributed by atoms with Gasteiger partial charge in [-0.15, -0.1) is 0 Å². The van der Waals surface area contributed by atoms with Crippen LogP contribution in [0.4, 0.5) is 5.69 Å². The quantitative estimate of drug-likeness (QED) is 0.652. The van der Waals surface area contributed by atoms with Gasteiger partial charge in [-0.25, -0.2) is 0 Å². The Bertz CT molecular complexity index is 513. The largest absolute Gasteiger partial charge is 0.381 e. The highest BCUT2D eigenvalue weighted by Gasteiger charge is 2.61. The summed E-state index contributed by atoms with van der Waals surface area (Å²) >= 11 is 8.41. The summed E-state index contributed by atoms with van der Waals surface area (Å²) < 4.78 is 1.22. The lowest BCUT2D eigenvalue weighted by molar-refractivity contribution is 0.142. The summed E-state index contributed by atoms with van der Waals surface area (Å²) in [5, 5.41) is 4.61. The van der Waals surface area contributed by atoms with Gasteiger partial charge >= 0.3 is 0 Å². The van der Waals surface area contributed by atoms with Gasteiger partial charge in [0.15, 0.2) is 0 Å². The van der Waals surface area contributed by atoms with Crippen LogP contribution in [-0.4, -0.2) is 6.04 Å². The van der Waals surface area contributed by atoms with Crippen LogP contribution in [0.2, 0.25) is 5.02 Å². The van der Waals surface area contributed by atoms with E-state index in [1.807, 2.05) is 12.1 Å². The van der Waals surface area contributed by atoms with E-state index in [0.717, 1.165) is 10.9 Å². The number of anilines is 1. The van der Waals surface area contributed by atoms with Gasteiger partial charge in [0, 0.05) is 20.3 Å². The maximum absolute atomic E-state index is 6.04. The van der Waals surface area contributed by atoms with E-state index in [2.05, 4.69) is 54.7 Å². The van der Waals surface area contributed by atoms with Gasteiger partial charge in [-0.2, -0.15) is 0 Å². The lowest BCUT2D eigenvalue weighted by atomic mass is 9.69. The first-order chi connectivity index (χ1) is 8.84. The fourth-order valence-electron chi connectivity index (χ4n) is 4.22. The molecule has 104 valence electrons. The fraction of sp³-hybridized carbons (Fsp3) is 0.625. The van der Waals surface area contributed by atoms with Gasteiger partial charge in [0.25, 0.3) is 0 Å². The Morgan fingerprint density at radius 1 is 1.32 bits per heavy atom. The first-order valence-electron chi connectivity index (χ1n) is 7.06. The molecule has 2 aliphatic rings. The maximum Gasteiger partial charge on any atom is 0.0479 e. The zero-order valence-corrected chi connectivity index (χ0v) is 14.7. The molecule has 2 bridgehead atoms. The smallest absolute Gasteiger partial charge is 0.0479 e. The van der Waals surface area contributed by atoms with Crippen LogP contribution in [-0.2, 0) is 0 Å². The van der Waals surface area contributed by atoms with Gasteiger partial charge < -0.3 is 5.32 Å². The van der Waals surface area contributed by atoms with Crippen LogP contribution in [0.1, 0.15) is 40.0 Å². The molecular weight excluding hydrogens is 369 g/mol. The van der Waals surface area contributed by atoms with Crippen molar-refractivity contribution in [3.63, 3.8) is 0 Å². The lowest BCUT2D eigenvalue weighted by Gasteiger charge is -2.40. The Hall–Kier alpha value is 0.0400. The number of hydrogen-bond donors (Lipinski definition) is 1. The normalized spacial score (nSPS) is 35.6. The summed E-state index contributed by atoms with van der Waals surface area (Å²) in [6.07, 6.45) is 4.06. The number of benzene rings is 1. The molecule has 2 fully saturated rings. The highest BCUT2D eigenvalue weighted by atomic mass is 127. The van der Waals surface area contributed by atoms with Crippen molar-refractivity contribution in [3.05, 3.63) is 26.8 Å². The van der Waals surface area contributed by atoms with Gasteiger partial charge in [-0.05, 0) is 76.8 Å². The van der Waals surface area contributed by atoms with Crippen LogP contribution in [0.25, 0.3) is 0 Å². The van der Waals surface area contributed by atoms with Crippen molar-refractivity contribution in [2.45, 2.75) is 46.1 Å². The second-order valence-electron chi connectivity index (χ2n) is 6.93. The summed E-state index contributed by atoms with van der Waals surface area (Å²) in [5.74, 6) is 0.875. The number of hydrogen-bond acceptors (Lipinski definition) is 1. The fourth-order valence-corrected chi connectivity index (χ4v) is 5.24. The summed E-state index contributed by atoms with van der Waals surface area (Å²) in [5.41, 5.74) is 2.11. The first-order valence-corrected chi connectivity index (χ1v) is 8.52. The van der Waals surface area contributed by atoms with Gasteiger partial charge in [-0.1, -0.05) is 32.4 Å². The minimum atomic E-state index is 0.417. The Labute approximate surface area is 134 Å². The van der Waals surface area contributed by atoms with Crippen molar-refractivity contribution in [1.82, 2.24) is 0 Å². The molecule has 19 heavy (non-hydrogen) atoms. The zero-order chi connectivity index (χ0) is 13.8. The van der Waals surface area contributed by atoms with E-state index in [0.29, 0.717) is 16.9 Å². The third-order valence-corrected chi connectivity index (χ3v) is 7.18. The van der Waals surface area contributed by atoms with E-state index >= 15 is 0 Å². The monoisotopic (exact) mass is 389 g/mol. The third kappa shape index (κ3) is 2.01. The van der Waals surface area contributed by atoms with Crippen LogP contribution in [0.5, 0.6) is 0 Å². The molecule has 1 N–H and O–H groups in total. The lowest BCUT2D eigenvalue weighted by Crippen LogP contribution is -2.40. The van der Waals surface area contributed by atoms with Gasteiger partial charge in [0.2, 0.25) is 0 Å². The molecule has 2 aliphatic carbocycles. The van der Waals surface area contributed by atoms with Crippen LogP contribution >= 0.6 is 34.2 Å². The molecule has 1 aromatic rings. The maximum atomic E-state index is 6.04. The predicted octanol–water partition coefficient (Wildman–Crippen LogP) is 5.57. The second kappa shape index (κ2) is 4.52. The van der Waals surface area contributed by atoms with E-state index in [4.69, 9.17) is 11.6 Å². The molecule has 3 unspecified atom stereocenters. The predicted molar refractivity (Wildman–Crippen MR) is 90.8 cm³/mol. The molecule has 3 rings (SSSR count). The Morgan fingerprint density at radius 2 is 2.05 bits per heavy atom. The minimum Gasteiger partial charge on any atom is -0.381 e. The first kappa shape index (κ1) is 14.0. The molecule has 0 spiro atoms. The van der Waals surface area contributed by atoms with Crippen LogP contribution in [0.15, 0.2) is 18.2 Å². The van der Waals surface area contributed by atoms with Crippen LogP contribution in [0, 0.1) is 20.3 Å². The van der Waals surface area contributed by atoms with Crippen molar-refractivity contribution >= 4 is 39.9 Å². The van der Waals surface area contributed by atoms with Crippen molar-refractivity contribution in [2.24, 2.45) is 16.7 Å². The van der Waals surface area contributed by atoms with Gasteiger partial charge in [0.1, 0.15) is 0 Å². The van der Waals surface area contributed by atoms with Crippen molar-refractivity contribution in [2.75, 3.05) is 5.32 Å². The molecule has 0 radical (unpaired) electrons. The highest BCUT2D eigenvalue weighted by Crippen LogP contribution is 2.65. The van der Waals surface area contributed by atoms with E-state index in [-0.39, 0.29) is 0 Å². The van der Waals surface area contributed by atoms with E-state index in [1.54, 1.807) is 0 Å². The summed E-state index contributed by atoms with van der Waals surface area (Å²) in [7, 11) is 0. The molecule has 2 saturated carbocycles. The van der Waals surface area contributed by atoms with Crippen LogP contribution in [0.3, 0.4) is 0 Å². The minimum absolute atomic E-state index is 0.417. The Morgan fingerprint density at radius 3 is 2.58 bits per heavy atom. The molecule has 3 atom stereocenters. The van der Waals surface area contributed by atoms with Gasteiger partial charge in [0.05, 0.1) is 0 Å². The van der Waals surface area contributed by atoms with E-state index in [1.165, 1.54) is 28.5 Å². The second-order valence-corrected chi connectivity index (χ2v) is 8.53. The van der Waals surface area contributed by atoms with E-state index in [9.17, 15) is 0 Å². The molecule has 0 saturated heterocycles. The van der Waals surface area contributed by atoms with Crippen molar-refractivity contribution in [3.8, 4) is 0 Å². The van der Waals surface area contributed by atoms with Crippen molar-refractivity contribution in [1.29, 1.82) is 0 Å². The van der Waals surface area contributed by atoms with Crippen molar-refractivity contribution < 1.29 is 0 Å². The Kier molecular flexibility index (Phi) is 3.33. The zero-order valence-electron chi connectivity index (χ0n) is 11.8. The number of nitrogens with one attached hydrogen (secondary N) is 1. The van der Waals surface area contributed by atoms with Crippen LogP contribution < -0.4 is 5.32 Å². The number of fused-ring (bicyclic) bond motifs is 2. The molecule has 0 amide bonds. The number of rotatable bonds is 2. The Balaban J connectivity index is 1.86. The third-order valence-electron chi connectivity index (χ3n) is 6.05. The summed E-state index contributed by atoms with van der Waals surface area (Å²) in [4.78, 5) is 0. The molecule has 0 aromatic heterocycles. The SMILES string of the molecule is CC1(C)C2CCC1(C)C(Nc1ccc(Cl)cc1I)C2. The molecular formula is C16H21ClIN. The molecule has 1 aromatic carbocycles. The molecule has 0 aliphatic heterocycles. The highest BCUT2D eigenvalue weighted by molar-refractivity contribution is 14.1. The van der Waals surface area contributed by atoms with E-state index < -0.39 is 0 Å². The average Bonchev–Trinajstić information content (AvgIpc) is 2.65. The molecule has 1 nitrogen and oxygen atoms in total. The molecule has 3 heteroatoms. The summed E-state index contributed by atoms with van der Waals surface area (Å²) in [6.45, 7) is 7.39. The standard InChI is InChI=1S/C16H21ClIN/c1-15(2)10-6-7-16(15,3)14(8-10)19-13-5-4-11(17)9-12(13)18/h4-5,9-10,14,19H,6-8H2,1-3H3.